The molecule has 0 bridgehead atoms. The first-order valence-corrected chi connectivity index (χ1v) is 8.08. The molecule has 4 heteroatoms. The minimum atomic E-state index is -0.0587. The van der Waals surface area contributed by atoms with Crippen LogP contribution in [0.4, 0.5) is 0 Å². The number of halogens is 1. The van der Waals surface area contributed by atoms with Crippen molar-refractivity contribution >= 4 is 23.3 Å². The van der Waals surface area contributed by atoms with Crippen LogP contribution in [0.3, 0.4) is 0 Å². The van der Waals surface area contributed by atoms with Gasteiger partial charge >= 0.3 is 0 Å². The van der Waals surface area contributed by atoms with Crippen LogP contribution in [0.5, 0.6) is 0 Å². The topological polar surface area (TPSA) is 37.4 Å². The average molecular weight is 330 g/mol. The number of amides is 1. The van der Waals surface area contributed by atoms with Gasteiger partial charge in [-0.05, 0) is 24.6 Å². The van der Waals surface area contributed by atoms with Crippen molar-refractivity contribution in [1.82, 2.24) is 4.90 Å². The van der Waals surface area contributed by atoms with Gasteiger partial charge in [0.2, 0.25) is 5.91 Å². The second-order valence-corrected chi connectivity index (χ2v) is 5.76. The molecule has 1 amide bonds. The Morgan fingerprint density at radius 2 is 1.74 bits per heavy atom. The van der Waals surface area contributed by atoms with Crippen molar-refractivity contribution in [2.75, 3.05) is 6.54 Å². The number of ketones is 1. The van der Waals surface area contributed by atoms with E-state index in [0.717, 1.165) is 5.56 Å². The Morgan fingerprint density at radius 3 is 2.39 bits per heavy atom. The van der Waals surface area contributed by atoms with Crippen LogP contribution in [0, 0.1) is 0 Å². The maximum Gasteiger partial charge on any atom is 0.223 e. The zero-order valence-corrected chi connectivity index (χ0v) is 13.9. The number of Topliss-reactive ketones (excluding diaryl/α,β-unsaturated/α-hetero) is 1. The molecular weight excluding hydrogens is 310 g/mol. The third-order valence-corrected chi connectivity index (χ3v) is 3.90. The Balaban J connectivity index is 1.91. The Labute approximate surface area is 141 Å². The number of hydrogen-bond acceptors (Lipinski definition) is 2. The van der Waals surface area contributed by atoms with Crippen LogP contribution in [0.15, 0.2) is 54.6 Å². The highest BCUT2D eigenvalue weighted by atomic mass is 35.5. The van der Waals surface area contributed by atoms with Gasteiger partial charge in [-0.15, -0.1) is 0 Å². The summed E-state index contributed by atoms with van der Waals surface area (Å²) in [7, 11) is 0. The van der Waals surface area contributed by atoms with Gasteiger partial charge in [0.25, 0.3) is 0 Å². The smallest absolute Gasteiger partial charge is 0.223 e. The molecule has 0 N–H and O–H groups in total. The summed E-state index contributed by atoms with van der Waals surface area (Å²) in [4.78, 5) is 26.2. The first-order chi connectivity index (χ1) is 11.1. The van der Waals surface area contributed by atoms with E-state index < -0.39 is 0 Å². The second kappa shape index (κ2) is 8.49. The summed E-state index contributed by atoms with van der Waals surface area (Å²) >= 11 is 5.89. The van der Waals surface area contributed by atoms with E-state index in [1.807, 2.05) is 37.3 Å². The molecule has 0 spiro atoms. The summed E-state index contributed by atoms with van der Waals surface area (Å²) < 4.78 is 0. The monoisotopic (exact) mass is 329 g/mol. The Bertz CT molecular complexity index is 670. The van der Waals surface area contributed by atoms with Crippen molar-refractivity contribution in [2.45, 2.75) is 26.3 Å². The van der Waals surface area contributed by atoms with Crippen LogP contribution < -0.4 is 0 Å². The molecule has 0 fully saturated rings. The van der Waals surface area contributed by atoms with Crippen LogP contribution >= 0.6 is 11.6 Å². The van der Waals surface area contributed by atoms with Gasteiger partial charge in [0.15, 0.2) is 5.78 Å². The molecule has 2 aromatic carbocycles. The number of benzene rings is 2. The minimum Gasteiger partial charge on any atom is -0.339 e. The van der Waals surface area contributed by atoms with Gasteiger partial charge in [-0.3, -0.25) is 9.59 Å². The Morgan fingerprint density at radius 1 is 1.00 bits per heavy atom. The quantitative estimate of drug-likeness (QED) is 0.708. The van der Waals surface area contributed by atoms with Gasteiger partial charge in [-0.2, -0.15) is 0 Å². The molecule has 120 valence electrons. The van der Waals surface area contributed by atoms with E-state index in [0.29, 0.717) is 23.7 Å². The summed E-state index contributed by atoms with van der Waals surface area (Å²) in [6.07, 6.45) is 0.413. The average Bonchev–Trinajstić information content (AvgIpc) is 2.58. The molecule has 0 atom stereocenters. The molecule has 0 aliphatic carbocycles. The van der Waals surface area contributed by atoms with Crippen molar-refractivity contribution < 1.29 is 9.59 Å². The molecule has 2 aromatic rings. The lowest BCUT2D eigenvalue weighted by Crippen LogP contribution is -2.30. The number of nitrogens with zero attached hydrogens (tertiary/aromatic N) is 1. The van der Waals surface area contributed by atoms with E-state index >= 15 is 0 Å². The highest BCUT2D eigenvalue weighted by molar-refractivity contribution is 6.31. The molecule has 0 unspecified atom stereocenters. The molecule has 0 saturated heterocycles. The molecular formula is C19H20ClNO2. The summed E-state index contributed by atoms with van der Waals surface area (Å²) in [6, 6.07) is 16.7. The third kappa shape index (κ3) is 5.22. The number of rotatable bonds is 7. The van der Waals surface area contributed by atoms with E-state index in [1.165, 1.54) is 0 Å². The minimum absolute atomic E-state index is 0.00766. The molecule has 0 radical (unpaired) electrons. The van der Waals surface area contributed by atoms with Crippen LogP contribution in [-0.4, -0.2) is 23.1 Å². The van der Waals surface area contributed by atoms with Crippen molar-refractivity contribution in [3.05, 3.63) is 70.7 Å². The van der Waals surface area contributed by atoms with Gasteiger partial charge in [-0.25, -0.2) is 0 Å². The van der Waals surface area contributed by atoms with Gasteiger partial charge in [-0.1, -0.05) is 54.1 Å². The SMILES string of the molecule is CCN(Cc1ccccc1)C(=O)CCC(=O)c1cccc(Cl)c1. The maximum atomic E-state index is 12.3. The van der Waals surface area contributed by atoms with Crippen molar-refractivity contribution in [3.63, 3.8) is 0 Å². The predicted molar refractivity (Wildman–Crippen MR) is 92.5 cm³/mol. The summed E-state index contributed by atoms with van der Waals surface area (Å²) in [5.74, 6) is -0.0663. The Hall–Kier alpha value is -2.13. The fourth-order valence-electron chi connectivity index (χ4n) is 2.36. The molecule has 0 saturated carbocycles. The third-order valence-electron chi connectivity index (χ3n) is 3.66. The van der Waals surface area contributed by atoms with E-state index in [2.05, 4.69) is 0 Å². The number of carbonyl (C=O) groups is 2. The fraction of sp³-hybridized carbons (Fsp3) is 0.263. The molecule has 2 rings (SSSR count). The van der Waals surface area contributed by atoms with Crippen LogP contribution in [-0.2, 0) is 11.3 Å². The highest BCUT2D eigenvalue weighted by Gasteiger charge is 2.15. The molecule has 0 heterocycles. The van der Waals surface area contributed by atoms with Gasteiger partial charge < -0.3 is 4.90 Å². The predicted octanol–water partition coefficient (Wildman–Crippen LogP) is 4.35. The van der Waals surface area contributed by atoms with E-state index in [1.54, 1.807) is 29.2 Å². The summed E-state index contributed by atoms with van der Waals surface area (Å²) in [5, 5.41) is 0.529. The largest absolute Gasteiger partial charge is 0.339 e. The molecule has 0 aromatic heterocycles. The zero-order valence-electron chi connectivity index (χ0n) is 13.2. The fourth-order valence-corrected chi connectivity index (χ4v) is 2.56. The lowest BCUT2D eigenvalue weighted by atomic mass is 10.1. The first-order valence-electron chi connectivity index (χ1n) is 7.70. The number of hydrogen-bond donors (Lipinski definition) is 0. The normalized spacial score (nSPS) is 10.3. The van der Waals surface area contributed by atoms with Gasteiger partial charge in [0.05, 0.1) is 0 Å². The summed E-state index contributed by atoms with van der Waals surface area (Å²) in [6.45, 7) is 3.14. The lowest BCUT2D eigenvalue weighted by molar-refractivity contribution is -0.131. The van der Waals surface area contributed by atoms with Crippen molar-refractivity contribution in [1.29, 1.82) is 0 Å². The standard InChI is InChI=1S/C19H20ClNO2/c1-2-21(14-15-7-4-3-5-8-15)19(23)12-11-18(22)16-9-6-10-17(20)13-16/h3-10,13H,2,11-12,14H2,1H3. The van der Waals surface area contributed by atoms with E-state index in [-0.39, 0.29) is 24.5 Å². The number of carbonyl (C=O) groups excluding carboxylic acids is 2. The first kappa shape index (κ1) is 17.2. The van der Waals surface area contributed by atoms with Crippen LogP contribution in [0.25, 0.3) is 0 Å². The highest BCUT2D eigenvalue weighted by Crippen LogP contribution is 2.14. The van der Waals surface area contributed by atoms with Crippen LogP contribution in [0.2, 0.25) is 5.02 Å². The molecule has 23 heavy (non-hydrogen) atoms. The van der Waals surface area contributed by atoms with Gasteiger partial charge in [0, 0.05) is 36.5 Å². The zero-order chi connectivity index (χ0) is 16.7. The summed E-state index contributed by atoms with van der Waals surface area (Å²) in [5.41, 5.74) is 1.64. The van der Waals surface area contributed by atoms with Gasteiger partial charge in [0.1, 0.15) is 0 Å². The van der Waals surface area contributed by atoms with E-state index in [4.69, 9.17) is 11.6 Å². The maximum absolute atomic E-state index is 12.3. The van der Waals surface area contributed by atoms with E-state index in [9.17, 15) is 9.59 Å². The molecule has 0 aliphatic rings. The molecule has 0 aliphatic heterocycles. The van der Waals surface area contributed by atoms with Crippen molar-refractivity contribution in [2.24, 2.45) is 0 Å². The Kier molecular flexibility index (Phi) is 6.36. The van der Waals surface area contributed by atoms with Crippen molar-refractivity contribution in [3.8, 4) is 0 Å². The molecule has 3 nitrogen and oxygen atoms in total. The second-order valence-electron chi connectivity index (χ2n) is 5.33. The van der Waals surface area contributed by atoms with Crippen LogP contribution in [0.1, 0.15) is 35.7 Å². The lowest BCUT2D eigenvalue weighted by Gasteiger charge is -2.21.